The second-order valence-corrected chi connectivity index (χ2v) is 3.96. The lowest BCUT2D eigenvalue weighted by Gasteiger charge is -1.82. The molecule has 0 aromatic carbocycles. The molecule has 0 unspecified atom stereocenters. The summed E-state index contributed by atoms with van der Waals surface area (Å²) >= 11 is 3.24. The van der Waals surface area contributed by atoms with Crippen LogP contribution in [0.2, 0.25) is 0 Å². The van der Waals surface area contributed by atoms with Gasteiger partial charge < -0.3 is 0 Å². The van der Waals surface area contributed by atoms with Gasteiger partial charge in [0.25, 0.3) is 0 Å². The second kappa shape index (κ2) is 3.17. The molecule has 2 nitrogen and oxygen atoms in total. The molecule has 1 rings (SSSR count). The number of aromatic nitrogens is 2. The number of rotatable bonds is 2. The van der Waals surface area contributed by atoms with E-state index in [9.17, 15) is 0 Å². The summed E-state index contributed by atoms with van der Waals surface area (Å²) in [5, 5.41) is 8.77. The van der Waals surface area contributed by atoms with Crippen LogP contribution >= 0.6 is 23.1 Å². The second-order valence-electron chi connectivity index (χ2n) is 1.44. The highest BCUT2D eigenvalue weighted by molar-refractivity contribution is 8.01. The summed E-state index contributed by atoms with van der Waals surface area (Å²) in [6.07, 6.45) is 0. The Balaban J connectivity index is 2.61. The van der Waals surface area contributed by atoms with Gasteiger partial charge in [-0.05, 0) is 13.8 Å². The van der Waals surface area contributed by atoms with Crippen LogP contribution in [0.3, 0.4) is 0 Å². The fourth-order valence-electron chi connectivity index (χ4n) is 0.424. The number of hydrogen-bond acceptors (Lipinski definition) is 4. The standard InChI is InChI=1S/C5H7N2S2/c1-3-8-5-7-6-4(2)9-5/h1,3H2,2H3. The molecule has 0 N–H and O–H groups in total. The molecule has 1 aromatic heterocycles. The minimum absolute atomic E-state index is 0.828. The number of hydrogen-bond donors (Lipinski definition) is 0. The van der Waals surface area contributed by atoms with Crippen molar-refractivity contribution in [2.75, 3.05) is 5.75 Å². The summed E-state index contributed by atoms with van der Waals surface area (Å²) in [5.41, 5.74) is 0. The minimum Gasteiger partial charge on any atom is -0.143 e. The van der Waals surface area contributed by atoms with Crippen molar-refractivity contribution in [3.63, 3.8) is 0 Å². The monoisotopic (exact) mass is 159 g/mol. The van der Waals surface area contributed by atoms with Gasteiger partial charge in [0.2, 0.25) is 0 Å². The molecule has 0 atom stereocenters. The zero-order valence-electron chi connectivity index (χ0n) is 5.13. The van der Waals surface area contributed by atoms with Crippen molar-refractivity contribution in [3.05, 3.63) is 11.9 Å². The van der Waals surface area contributed by atoms with Gasteiger partial charge in [-0.25, -0.2) is 0 Å². The lowest BCUT2D eigenvalue weighted by Crippen LogP contribution is -1.70. The fraction of sp³-hybridized carbons (Fsp3) is 0.400. The van der Waals surface area contributed by atoms with Crippen molar-refractivity contribution < 1.29 is 0 Å². The van der Waals surface area contributed by atoms with Crippen LogP contribution in [0.4, 0.5) is 0 Å². The zero-order chi connectivity index (χ0) is 6.69. The molecule has 49 valence electrons. The van der Waals surface area contributed by atoms with E-state index >= 15 is 0 Å². The Morgan fingerprint density at radius 3 is 2.89 bits per heavy atom. The lowest BCUT2D eigenvalue weighted by molar-refractivity contribution is 0.985. The van der Waals surface area contributed by atoms with Crippen LogP contribution < -0.4 is 0 Å². The lowest BCUT2D eigenvalue weighted by atomic mass is 10.9. The molecule has 1 aromatic rings. The van der Waals surface area contributed by atoms with Crippen LogP contribution in [0, 0.1) is 13.8 Å². The Bertz CT molecular complexity index is 185. The highest BCUT2D eigenvalue weighted by Gasteiger charge is 1.96. The van der Waals surface area contributed by atoms with E-state index in [-0.39, 0.29) is 0 Å². The van der Waals surface area contributed by atoms with E-state index in [1.54, 1.807) is 23.1 Å². The average Bonchev–Trinajstić information content (AvgIpc) is 2.17. The predicted molar refractivity (Wildman–Crippen MR) is 40.7 cm³/mol. The third-order valence-corrected chi connectivity index (χ3v) is 2.50. The Labute approximate surface area is 62.7 Å². The molecular weight excluding hydrogens is 152 g/mol. The molecule has 0 aliphatic rings. The molecule has 0 saturated carbocycles. The van der Waals surface area contributed by atoms with Crippen molar-refractivity contribution in [2.24, 2.45) is 0 Å². The first-order valence-corrected chi connectivity index (χ1v) is 4.35. The summed E-state index contributed by atoms with van der Waals surface area (Å²) in [7, 11) is 0. The van der Waals surface area contributed by atoms with E-state index in [1.165, 1.54) is 0 Å². The Kier molecular flexibility index (Phi) is 2.48. The molecule has 9 heavy (non-hydrogen) atoms. The van der Waals surface area contributed by atoms with Crippen molar-refractivity contribution in [1.82, 2.24) is 10.2 Å². The third kappa shape index (κ3) is 1.95. The summed E-state index contributed by atoms with van der Waals surface area (Å²) in [5.74, 6) is 0.828. The first-order chi connectivity index (χ1) is 4.33. The van der Waals surface area contributed by atoms with Gasteiger partial charge in [0.15, 0.2) is 4.34 Å². The number of aryl methyl sites for hydroxylation is 1. The molecule has 0 bridgehead atoms. The van der Waals surface area contributed by atoms with Gasteiger partial charge in [-0.3, -0.25) is 0 Å². The maximum absolute atomic E-state index is 3.90. The molecule has 0 amide bonds. The summed E-state index contributed by atoms with van der Waals surface area (Å²) in [6.45, 7) is 5.64. The average molecular weight is 159 g/mol. The van der Waals surface area contributed by atoms with E-state index in [2.05, 4.69) is 17.1 Å². The number of nitrogens with zero attached hydrogens (tertiary/aromatic N) is 2. The SMILES string of the molecule is [CH2]CSc1nnc(C)s1. The van der Waals surface area contributed by atoms with Gasteiger partial charge in [0.05, 0.1) is 0 Å². The first-order valence-electron chi connectivity index (χ1n) is 2.55. The van der Waals surface area contributed by atoms with Crippen LogP contribution in [0.15, 0.2) is 4.34 Å². The minimum atomic E-state index is 0.828. The van der Waals surface area contributed by atoms with Crippen molar-refractivity contribution >= 4 is 23.1 Å². The Hall–Kier alpha value is -0.0900. The molecule has 1 radical (unpaired) electrons. The Morgan fingerprint density at radius 2 is 2.44 bits per heavy atom. The quantitative estimate of drug-likeness (QED) is 0.615. The van der Waals surface area contributed by atoms with Crippen LogP contribution in [0.5, 0.6) is 0 Å². The molecule has 0 spiro atoms. The van der Waals surface area contributed by atoms with Crippen LogP contribution in [0.1, 0.15) is 5.01 Å². The van der Waals surface area contributed by atoms with E-state index in [1.807, 2.05) is 6.92 Å². The maximum atomic E-state index is 3.90. The highest BCUT2D eigenvalue weighted by Crippen LogP contribution is 2.20. The van der Waals surface area contributed by atoms with Crippen molar-refractivity contribution in [2.45, 2.75) is 11.3 Å². The van der Waals surface area contributed by atoms with Gasteiger partial charge in [-0.15, -0.1) is 10.2 Å². The van der Waals surface area contributed by atoms with E-state index in [4.69, 9.17) is 0 Å². The largest absolute Gasteiger partial charge is 0.174 e. The van der Waals surface area contributed by atoms with Gasteiger partial charge >= 0.3 is 0 Å². The summed E-state index contributed by atoms with van der Waals surface area (Å²) in [4.78, 5) is 0. The molecule has 0 fully saturated rings. The van der Waals surface area contributed by atoms with Crippen molar-refractivity contribution in [3.8, 4) is 0 Å². The van der Waals surface area contributed by atoms with E-state index in [0.717, 1.165) is 15.1 Å². The predicted octanol–water partition coefficient (Wildman–Crippen LogP) is 1.77. The zero-order valence-corrected chi connectivity index (χ0v) is 6.76. The van der Waals surface area contributed by atoms with Crippen LogP contribution in [0.25, 0.3) is 0 Å². The summed E-state index contributed by atoms with van der Waals surface area (Å²) < 4.78 is 1.02. The molecule has 1 heterocycles. The van der Waals surface area contributed by atoms with Gasteiger partial charge in [-0.2, -0.15) is 0 Å². The maximum Gasteiger partial charge on any atom is 0.174 e. The Morgan fingerprint density at radius 1 is 1.67 bits per heavy atom. The molecule has 0 aliphatic heterocycles. The van der Waals surface area contributed by atoms with Crippen LogP contribution in [-0.2, 0) is 0 Å². The van der Waals surface area contributed by atoms with E-state index in [0.29, 0.717) is 0 Å². The van der Waals surface area contributed by atoms with Gasteiger partial charge in [0, 0.05) is 5.75 Å². The number of thioether (sulfide) groups is 1. The first kappa shape index (κ1) is 7.02. The fourth-order valence-corrected chi connectivity index (χ4v) is 1.96. The smallest absolute Gasteiger partial charge is 0.143 e. The summed E-state index contributed by atoms with van der Waals surface area (Å²) in [6, 6.07) is 0. The molecular formula is C5H7N2S2. The van der Waals surface area contributed by atoms with Gasteiger partial charge in [-0.1, -0.05) is 23.1 Å². The molecule has 0 aliphatic carbocycles. The third-order valence-electron chi connectivity index (χ3n) is 0.733. The van der Waals surface area contributed by atoms with Crippen LogP contribution in [-0.4, -0.2) is 16.0 Å². The van der Waals surface area contributed by atoms with E-state index < -0.39 is 0 Å². The van der Waals surface area contributed by atoms with Crippen molar-refractivity contribution in [1.29, 1.82) is 0 Å². The normalized spacial score (nSPS) is 10.0. The molecule has 4 heteroatoms. The molecule has 0 saturated heterocycles. The topological polar surface area (TPSA) is 25.8 Å². The highest BCUT2D eigenvalue weighted by atomic mass is 32.2. The van der Waals surface area contributed by atoms with Gasteiger partial charge in [0.1, 0.15) is 5.01 Å².